The van der Waals surface area contributed by atoms with Gasteiger partial charge in [-0.15, -0.1) is 0 Å². The third-order valence-electron chi connectivity index (χ3n) is 2.86. The molecule has 0 bridgehead atoms. The third kappa shape index (κ3) is 1.61. The zero-order valence-corrected chi connectivity index (χ0v) is 8.97. The van der Waals surface area contributed by atoms with Crippen LogP contribution in [0.2, 0.25) is 0 Å². The predicted molar refractivity (Wildman–Crippen MR) is 64.2 cm³/mol. The molecule has 0 spiro atoms. The lowest BCUT2D eigenvalue weighted by Crippen LogP contribution is -2.07. The number of nitrogens with zero attached hydrogens (tertiary/aromatic N) is 1. The minimum absolute atomic E-state index is 0.0624. The van der Waals surface area contributed by atoms with E-state index in [1.54, 1.807) is 0 Å². The average Bonchev–Trinajstić information content (AvgIpc) is 2.39. The summed E-state index contributed by atoms with van der Waals surface area (Å²) in [7, 11) is 0. The van der Waals surface area contributed by atoms with Gasteiger partial charge >= 0.3 is 0 Å². The fourth-order valence-corrected chi connectivity index (χ4v) is 2.09. The van der Waals surface area contributed by atoms with Gasteiger partial charge in [0.25, 0.3) is 0 Å². The molecule has 0 saturated carbocycles. The molecule has 0 amide bonds. The molecule has 1 aromatic carbocycles. The normalized spacial score (nSPS) is 20.1. The van der Waals surface area contributed by atoms with Crippen molar-refractivity contribution in [1.29, 1.82) is 0 Å². The Morgan fingerprint density at radius 2 is 2.12 bits per heavy atom. The van der Waals surface area contributed by atoms with E-state index in [2.05, 4.69) is 41.4 Å². The van der Waals surface area contributed by atoms with Crippen LogP contribution in [0, 0.1) is 0 Å². The molecule has 1 atom stereocenters. The molecule has 0 radical (unpaired) electrons. The summed E-state index contributed by atoms with van der Waals surface area (Å²) in [6.07, 6.45) is 7.20. The highest BCUT2D eigenvalue weighted by atomic mass is 16.5. The number of rotatable bonds is 1. The summed E-state index contributed by atoms with van der Waals surface area (Å²) in [5.41, 5.74) is 2.20. The quantitative estimate of drug-likeness (QED) is 0.675. The van der Waals surface area contributed by atoms with E-state index in [1.807, 2.05) is 12.3 Å². The first-order chi connectivity index (χ1) is 7.95. The van der Waals surface area contributed by atoms with E-state index in [9.17, 15) is 0 Å². The van der Waals surface area contributed by atoms with Crippen LogP contribution in [0.15, 0.2) is 48.7 Å². The Hall–Kier alpha value is -1.67. The van der Waals surface area contributed by atoms with Crippen molar-refractivity contribution in [3.05, 3.63) is 54.2 Å². The van der Waals surface area contributed by atoms with Crippen LogP contribution in [-0.2, 0) is 4.74 Å². The molecule has 1 aromatic heterocycles. The van der Waals surface area contributed by atoms with Gasteiger partial charge < -0.3 is 4.74 Å². The van der Waals surface area contributed by atoms with Gasteiger partial charge in [0.1, 0.15) is 6.10 Å². The van der Waals surface area contributed by atoms with Gasteiger partial charge in [-0.25, -0.2) is 0 Å². The van der Waals surface area contributed by atoms with E-state index in [0.29, 0.717) is 0 Å². The maximum atomic E-state index is 5.75. The van der Waals surface area contributed by atoms with Gasteiger partial charge in [-0.05, 0) is 12.5 Å². The Balaban J connectivity index is 2.15. The lowest BCUT2D eigenvalue weighted by Gasteiger charge is -2.18. The van der Waals surface area contributed by atoms with Crippen LogP contribution in [0.25, 0.3) is 10.9 Å². The first-order valence-corrected chi connectivity index (χ1v) is 5.57. The van der Waals surface area contributed by atoms with Gasteiger partial charge in [-0.1, -0.05) is 36.4 Å². The fraction of sp³-hybridized carbons (Fsp3) is 0.214. The van der Waals surface area contributed by atoms with Crippen LogP contribution in [-0.4, -0.2) is 11.6 Å². The van der Waals surface area contributed by atoms with Gasteiger partial charge in [-0.3, -0.25) is 4.98 Å². The molecule has 0 aliphatic carbocycles. The largest absolute Gasteiger partial charge is 0.369 e. The van der Waals surface area contributed by atoms with Gasteiger partial charge in [-0.2, -0.15) is 0 Å². The Labute approximate surface area is 94.6 Å². The smallest absolute Gasteiger partial charge is 0.103 e. The second-order valence-corrected chi connectivity index (χ2v) is 3.93. The van der Waals surface area contributed by atoms with Crippen molar-refractivity contribution >= 4 is 10.9 Å². The van der Waals surface area contributed by atoms with Gasteiger partial charge in [0.05, 0.1) is 12.1 Å². The first kappa shape index (κ1) is 9.55. The first-order valence-electron chi connectivity index (χ1n) is 5.57. The predicted octanol–water partition coefficient (Wildman–Crippen LogP) is 3.25. The van der Waals surface area contributed by atoms with E-state index in [4.69, 9.17) is 4.74 Å². The molecular formula is C14H13NO. The van der Waals surface area contributed by atoms with E-state index in [1.165, 1.54) is 5.39 Å². The Bertz CT molecular complexity index is 528. The zero-order valence-electron chi connectivity index (χ0n) is 8.97. The summed E-state index contributed by atoms with van der Waals surface area (Å²) in [4.78, 5) is 4.44. The van der Waals surface area contributed by atoms with Gasteiger partial charge in [0.15, 0.2) is 0 Å². The number of para-hydroxylation sites is 1. The summed E-state index contributed by atoms with van der Waals surface area (Å²) in [5, 5.41) is 1.17. The SMILES string of the molecule is C1=C[C@H](c2cccc3cccnc23)OCC1. The van der Waals surface area contributed by atoms with Crippen molar-refractivity contribution in [2.24, 2.45) is 0 Å². The van der Waals surface area contributed by atoms with Crippen LogP contribution in [0.1, 0.15) is 18.1 Å². The number of hydrogen-bond acceptors (Lipinski definition) is 2. The van der Waals surface area contributed by atoms with E-state index in [-0.39, 0.29) is 6.10 Å². The lowest BCUT2D eigenvalue weighted by molar-refractivity contribution is 0.0809. The summed E-state index contributed by atoms with van der Waals surface area (Å²) in [5.74, 6) is 0. The summed E-state index contributed by atoms with van der Waals surface area (Å²) in [6, 6.07) is 10.3. The number of aromatic nitrogens is 1. The molecule has 1 aliphatic heterocycles. The standard InChI is InChI=1S/C14H13NO/c1-2-10-16-13(8-1)12-7-3-5-11-6-4-9-15-14(11)12/h1,3-9,13H,2,10H2/t13-/m1/s1. The summed E-state index contributed by atoms with van der Waals surface area (Å²) in [6.45, 7) is 0.796. The van der Waals surface area contributed by atoms with Crippen molar-refractivity contribution in [2.45, 2.75) is 12.5 Å². The monoisotopic (exact) mass is 211 g/mol. The summed E-state index contributed by atoms with van der Waals surface area (Å²) < 4.78 is 5.75. The molecule has 2 nitrogen and oxygen atoms in total. The molecule has 2 heterocycles. The Morgan fingerprint density at radius 3 is 3.00 bits per heavy atom. The topological polar surface area (TPSA) is 22.1 Å². The molecule has 0 N–H and O–H groups in total. The number of hydrogen-bond donors (Lipinski definition) is 0. The molecular weight excluding hydrogens is 198 g/mol. The highest BCUT2D eigenvalue weighted by Crippen LogP contribution is 2.27. The second-order valence-electron chi connectivity index (χ2n) is 3.93. The highest BCUT2D eigenvalue weighted by molar-refractivity contribution is 5.82. The average molecular weight is 211 g/mol. The second kappa shape index (κ2) is 4.06. The lowest BCUT2D eigenvalue weighted by atomic mass is 10.0. The molecule has 2 heteroatoms. The van der Waals surface area contributed by atoms with E-state index >= 15 is 0 Å². The van der Waals surface area contributed by atoms with Crippen LogP contribution < -0.4 is 0 Å². The Morgan fingerprint density at radius 1 is 1.19 bits per heavy atom. The highest BCUT2D eigenvalue weighted by Gasteiger charge is 2.14. The van der Waals surface area contributed by atoms with Crippen molar-refractivity contribution < 1.29 is 4.74 Å². The molecule has 0 unspecified atom stereocenters. The number of fused-ring (bicyclic) bond motifs is 1. The maximum absolute atomic E-state index is 5.75. The van der Waals surface area contributed by atoms with Crippen LogP contribution in [0.3, 0.4) is 0 Å². The molecule has 0 saturated heterocycles. The van der Waals surface area contributed by atoms with E-state index in [0.717, 1.165) is 24.1 Å². The molecule has 16 heavy (non-hydrogen) atoms. The Kier molecular flexibility index (Phi) is 2.43. The number of pyridine rings is 1. The van der Waals surface area contributed by atoms with Crippen molar-refractivity contribution in [3.63, 3.8) is 0 Å². The van der Waals surface area contributed by atoms with Gasteiger partial charge in [0, 0.05) is 17.1 Å². The maximum Gasteiger partial charge on any atom is 0.103 e. The van der Waals surface area contributed by atoms with Crippen molar-refractivity contribution in [2.75, 3.05) is 6.61 Å². The zero-order chi connectivity index (χ0) is 10.8. The molecule has 3 rings (SSSR count). The van der Waals surface area contributed by atoms with Crippen molar-refractivity contribution in [1.82, 2.24) is 4.98 Å². The molecule has 2 aromatic rings. The molecule has 80 valence electrons. The minimum atomic E-state index is 0.0624. The molecule has 1 aliphatic rings. The summed E-state index contributed by atoms with van der Waals surface area (Å²) >= 11 is 0. The van der Waals surface area contributed by atoms with Crippen LogP contribution in [0.4, 0.5) is 0 Å². The van der Waals surface area contributed by atoms with Gasteiger partial charge in [0.2, 0.25) is 0 Å². The van der Waals surface area contributed by atoms with Crippen LogP contribution >= 0.6 is 0 Å². The van der Waals surface area contributed by atoms with Crippen LogP contribution in [0.5, 0.6) is 0 Å². The van der Waals surface area contributed by atoms with E-state index < -0.39 is 0 Å². The minimum Gasteiger partial charge on any atom is -0.369 e. The molecule has 0 fully saturated rings. The van der Waals surface area contributed by atoms with Crippen molar-refractivity contribution in [3.8, 4) is 0 Å². The number of ether oxygens (including phenoxy) is 1. The number of benzene rings is 1. The third-order valence-corrected chi connectivity index (χ3v) is 2.86. The fourth-order valence-electron chi connectivity index (χ4n) is 2.09.